The van der Waals surface area contributed by atoms with Gasteiger partial charge in [-0.25, -0.2) is 4.79 Å². The van der Waals surface area contributed by atoms with Crippen molar-refractivity contribution in [2.75, 3.05) is 5.75 Å². The van der Waals surface area contributed by atoms with Gasteiger partial charge in [-0.05, 0) is 44.0 Å². The zero-order chi connectivity index (χ0) is 21.0. The highest BCUT2D eigenvalue weighted by Crippen LogP contribution is 2.42. The van der Waals surface area contributed by atoms with Gasteiger partial charge in [0.2, 0.25) is 5.91 Å². The fraction of sp³-hybridized carbons (Fsp3) is 0.364. The van der Waals surface area contributed by atoms with E-state index in [2.05, 4.69) is 5.32 Å². The number of carbonyl (C=O) groups excluding carboxylic acids is 2. The highest BCUT2D eigenvalue weighted by atomic mass is 35.5. The summed E-state index contributed by atoms with van der Waals surface area (Å²) in [4.78, 5) is 27.5. The molecule has 2 atom stereocenters. The molecule has 7 heteroatoms. The highest BCUT2D eigenvalue weighted by Gasteiger charge is 2.44. The lowest BCUT2D eigenvalue weighted by atomic mass is 10.1. The van der Waals surface area contributed by atoms with Crippen LogP contribution >= 0.6 is 23.4 Å². The number of amides is 2. The van der Waals surface area contributed by atoms with Gasteiger partial charge in [-0.1, -0.05) is 54.1 Å². The van der Waals surface area contributed by atoms with Gasteiger partial charge in [0.15, 0.2) is 0 Å². The van der Waals surface area contributed by atoms with Crippen molar-refractivity contribution in [3.05, 3.63) is 70.7 Å². The first-order valence-corrected chi connectivity index (χ1v) is 10.9. The molecule has 1 N–H and O–H groups in total. The first-order chi connectivity index (χ1) is 13.7. The number of hydrogen-bond donors (Lipinski definition) is 1. The minimum atomic E-state index is -0.653. The van der Waals surface area contributed by atoms with Crippen molar-refractivity contribution in [2.24, 2.45) is 0 Å². The smallest absolute Gasteiger partial charge is 0.412 e. The molecule has 2 aromatic carbocycles. The largest absolute Gasteiger partial charge is 0.444 e. The van der Waals surface area contributed by atoms with Gasteiger partial charge in [0.1, 0.15) is 17.0 Å². The number of thioether (sulfide) groups is 1. The molecule has 3 rings (SSSR count). The van der Waals surface area contributed by atoms with Gasteiger partial charge >= 0.3 is 6.09 Å². The van der Waals surface area contributed by atoms with Crippen LogP contribution in [0.25, 0.3) is 0 Å². The minimum absolute atomic E-state index is 0.191. The summed E-state index contributed by atoms with van der Waals surface area (Å²) in [6.45, 7) is 5.86. The number of carbonyl (C=O) groups is 2. The molecular weight excluding hydrogens is 408 g/mol. The zero-order valence-electron chi connectivity index (χ0n) is 16.7. The molecule has 0 saturated carbocycles. The van der Waals surface area contributed by atoms with Crippen LogP contribution in [0.1, 0.15) is 37.3 Å². The summed E-state index contributed by atoms with van der Waals surface area (Å²) in [5.41, 5.74) is 1.26. The Labute approximate surface area is 180 Å². The molecule has 0 bridgehead atoms. The number of rotatable bonds is 4. The van der Waals surface area contributed by atoms with Crippen LogP contribution in [0.5, 0.6) is 0 Å². The monoisotopic (exact) mass is 432 g/mol. The fourth-order valence-electron chi connectivity index (χ4n) is 3.03. The molecule has 0 unspecified atom stereocenters. The predicted octanol–water partition coefficient (Wildman–Crippen LogP) is 5.01. The number of nitrogens with one attached hydrogen (secondary N) is 1. The summed E-state index contributed by atoms with van der Waals surface area (Å²) in [5, 5.41) is 3.26. The molecule has 0 aliphatic carbocycles. The van der Waals surface area contributed by atoms with E-state index in [9.17, 15) is 9.59 Å². The van der Waals surface area contributed by atoms with E-state index in [1.54, 1.807) is 28.8 Å². The van der Waals surface area contributed by atoms with Crippen molar-refractivity contribution in [3.63, 3.8) is 0 Å². The maximum atomic E-state index is 13.0. The molecule has 1 aliphatic rings. The van der Waals surface area contributed by atoms with Crippen LogP contribution in [-0.4, -0.2) is 34.3 Å². The molecule has 1 heterocycles. The molecule has 0 radical (unpaired) electrons. The quantitative estimate of drug-likeness (QED) is 0.737. The predicted molar refractivity (Wildman–Crippen MR) is 117 cm³/mol. The standard InChI is InChI=1S/C22H25ClN2O3S/c1-22(2,3)28-21(27)25-18(19(26)24-13-15-7-5-4-6-8-15)14-29-20(25)16-9-11-17(23)12-10-16/h4-12,18,20H,13-14H2,1-3H3,(H,24,26)/t18-,20-/m1/s1. The van der Waals surface area contributed by atoms with Gasteiger partial charge in [-0.3, -0.25) is 9.69 Å². The Bertz CT molecular complexity index is 853. The van der Waals surface area contributed by atoms with Gasteiger partial charge in [0.25, 0.3) is 0 Å². The Kier molecular flexibility index (Phi) is 6.75. The molecule has 0 aromatic heterocycles. The lowest BCUT2D eigenvalue weighted by Crippen LogP contribution is -2.49. The molecule has 29 heavy (non-hydrogen) atoms. The molecule has 2 amide bonds. The average molecular weight is 433 g/mol. The number of benzene rings is 2. The van der Waals surface area contributed by atoms with Gasteiger partial charge in [-0.2, -0.15) is 0 Å². The van der Waals surface area contributed by atoms with Crippen LogP contribution in [0, 0.1) is 0 Å². The minimum Gasteiger partial charge on any atom is -0.444 e. The SMILES string of the molecule is CC(C)(C)OC(=O)N1[C@@H](C(=O)NCc2ccccc2)CS[C@@H]1c1ccc(Cl)cc1. The summed E-state index contributed by atoms with van der Waals surface area (Å²) in [7, 11) is 0. The molecule has 5 nitrogen and oxygen atoms in total. The molecule has 1 saturated heterocycles. The summed E-state index contributed by atoms with van der Waals surface area (Å²) >= 11 is 7.55. The summed E-state index contributed by atoms with van der Waals surface area (Å²) in [5.74, 6) is 0.302. The van der Waals surface area contributed by atoms with Crippen LogP contribution in [0.15, 0.2) is 54.6 Å². The lowest BCUT2D eigenvalue weighted by Gasteiger charge is -2.31. The number of halogens is 1. The Morgan fingerprint density at radius 3 is 2.41 bits per heavy atom. The van der Waals surface area contributed by atoms with Gasteiger partial charge < -0.3 is 10.1 Å². The lowest BCUT2D eigenvalue weighted by molar-refractivity contribution is -0.125. The average Bonchev–Trinajstić information content (AvgIpc) is 3.11. The Morgan fingerprint density at radius 1 is 1.14 bits per heavy atom. The summed E-state index contributed by atoms with van der Waals surface area (Å²) in [6.07, 6.45) is -0.498. The number of nitrogens with zero attached hydrogens (tertiary/aromatic N) is 1. The van der Waals surface area contributed by atoms with E-state index < -0.39 is 17.7 Å². The fourth-order valence-corrected chi connectivity index (χ4v) is 4.58. The van der Waals surface area contributed by atoms with Crippen LogP contribution < -0.4 is 5.32 Å². The number of ether oxygens (including phenoxy) is 1. The van der Waals surface area contributed by atoms with E-state index in [0.29, 0.717) is 17.3 Å². The Balaban J connectivity index is 1.79. The Morgan fingerprint density at radius 2 is 1.79 bits per heavy atom. The first kappa shape index (κ1) is 21.5. The maximum Gasteiger partial charge on any atom is 0.412 e. The van der Waals surface area contributed by atoms with E-state index >= 15 is 0 Å². The van der Waals surface area contributed by atoms with Crippen molar-refractivity contribution in [2.45, 2.75) is 44.3 Å². The first-order valence-electron chi connectivity index (χ1n) is 9.44. The van der Waals surface area contributed by atoms with Crippen LogP contribution in [0.4, 0.5) is 4.79 Å². The second-order valence-corrected chi connectivity index (χ2v) is 9.39. The topological polar surface area (TPSA) is 58.6 Å². The third kappa shape index (κ3) is 5.67. The normalized spacial score (nSPS) is 19.1. The van der Waals surface area contributed by atoms with Crippen LogP contribution in [0.3, 0.4) is 0 Å². The van der Waals surface area contributed by atoms with E-state index in [0.717, 1.165) is 11.1 Å². The summed E-state index contributed by atoms with van der Waals surface area (Å²) in [6, 6.07) is 16.4. The van der Waals surface area contributed by atoms with E-state index in [1.165, 1.54) is 0 Å². The maximum absolute atomic E-state index is 13.0. The highest BCUT2D eigenvalue weighted by molar-refractivity contribution is 7.99. The van der Waals surface area contributed by atoms with Gasteiger partial charge in [0, 0.05) is 17.3 Å². The van der Waals surface area contributed by atoms with Crippen molar-refractivity contribution >= 4 is 35.4 Å². The van der Waals surface area contributed by atoms with Crippen molar-refractivity contribution < 1.29 is 14.3 Å². The zero-order valence-corrected chi connectivity index (χ0v) is 18.3. The van der Waals surface area contributed by atoms with E-state index in [4.69, 9.17) is 16.3 Å². The second kappa shape index (κ2) is 9.09. The summed E-state index contributed by atoms with van der Waals surface area (Å²) < 4.78 is 5.61. The number of hydrogen-bond acceptors (Lipinski definition) is 4. The third-order valence-corrected chi connectivity index (χ3v) is 5.95. The third-order valence-electron chi connectivity index (χ3n) is 4.37. The molecular formula is C22H25ClN2O3S. The Hall–Kier alpha value is -2.18. The molecule has 0 spiro atoms. The van der Waals surface area contributed by atoms with Crippen molar-refractivity contribution in [1.29, 1.82) is 0 Å². The van der Waals surface area contributed by atoms with Gasteiger partial charge in [0.05, 0.1) is 0 Å². The molecule has 154 valence electrons. The van der Waals surface area contributed by atoms with E-state index in [1.807, 2.05) is 63.2 Å². The molecule has 1 aliphatic heterocycles. The van der Waals surface area contributed by atoms with Crippen LogP contribution in [-0.2, 0) is 16.1 Å². The molecule has 2 aromatic rings. The van der Waals surface area contributed by atoms with Crippen molar-refractivity contribution in [3.8, 4) is 0 Å². The van der Waals surface area contributed by atoms with E-state index in [-0.39, 0.29) is 11.3 Å². The van der Waals surface area contributed by atoms with Crippen LogP contribution in [0.2, 0.25) is 5.02 Å². The van der Waals surface area contributed by atoms with Gasteiger partial charge in [-0.15, -0.1) is 11.8 Å². The van der Waals surface area contributed by atoms with Crippen molar-refractivity contribution in [1.82, 2.24) is 10.2 Å². The molecule has 1 fully saturated rings. The second-order valence-electron chi connectivity index (χ2n) is 7.84.